The summed E-state index contributed by atoms with van der Waals surface area (Å²) in [6.45, 7) is 4.19. The fourth-order valence-electron chi connectivity index (χ4n) is 3.61. The number of hydrogen-bond donors (Lipinski definition) is 1. The van der Waals surface area contributed by atoms with E-state index in [1.54, 1.807) is 11.3 Å². The topological polar surface area (TPSA) is 58.6 Å². The third-order valence-corrected chi connectivity index (χ3v) is 6.58. The lowest BCUT2D eigenvalue weighted by Gasteiger charge is -2.04. The number of H-pyrrole nitrogens is 1. The minimum absolute atomic E-state index is 0.212. The first-order chi connectivity index (χ1) is 13.6. The monoisotopic (exact) mass is 391 g/mol. The first-order valence-corrected chi connectivity index (χ1v) is 10.7. The maximum atomic E-state index is 12.8. The van der Waals surface area contributed by atoms with Gasteiger partial charge in [-0.05, 0) is 61.8 Å². The van der Waals surface area contributed by atoms with Gasteiger partial charge in [0, 0.05) is 11.8 Å². The van der Waals surface area contributed by atoms with E-state index in [4.69, 9.17) is 4.98 Å². The van der Waals surface area contributed by atoms with E-state index in [-0.39, 0.29) is 5.78 Å². The standard InChI is InChI=1S/C23H25N3OS/c1-15-5-3-7-18(11-9-15)23-25-16(2)22(28-23)21(27)8-4-6-17-10-12-20-19(13-17)14-24-26-20/h3,5,7,10,12-15H,4,6,8-9,11H2,1-2H3,(H,24,26). The van der Waals surface area contributed by atoms with Gasteiger partial charge in [0.1, 0.15) is 5.01 Å². The Hall–Kier alpha value is -2.53. The smallest absolute Gasteiger partial charge is 0.174 e. The molecule has 28 heavy (non-hydrogen) atoms. The molecule has 0 radical (unpaired) electrons. The van der Waals surface area contributed by atoms with Gasteiger partial charge in [0.2, 0.25) is 0 Å². The maximum absolute atomic E-state index is 12.8. The van der Waals surface area contributed by atoms with Gasteiger partial charge in [0.05, 0.1) is 22.3 Å². The van der Waals surface area contributed by atoms with Crippen molar-refractivity contribution in [2.75, 3.05) is 0 Å². The lowest BCUT2D eigenvalue weighted by molar-refractivity contribution is 0.0983. The van der Waals surface area contributed by atoms with Crippen molar-refractivity contribution in [2.45, 2.75) is 46.0 Å². The summed E-state index contributed by atoms with van der Waals surface area (Å²) in [6.07, 6.45) is 12.8. The van der Waals surface area contributed by atoms with Crippen molar-refractivity contribution in [3.63, 3.8) is 0 Å². The number of nitrogens with one attached hydrogen (secondary N) is 1. The van der Waals surface area contributed by atoms with Crippen LogP contribution in [0, 0.1) is 12.8 Å². The minimum Gasteiger partial charge on any atom is -0.293 e. The maximum Gasteiger partial charge on any atom is 0.174 e. The molecule has 0 bridgehead atoms. The van der Waals surface area contributed by atoms with Crippen LogP contribution in [0.3, 0.4) is 0 Å². The minimum atomic E-state index is 0.212. The van der Waals surface area contributed by atoms with E-state index in [1.807, 2.05) is 13.1 Å². The third kappa shape index (κ3) is 4.14. The molecule has 1 N–H and O–H groups in total. The van der Waals surface area contributed by atoms with Gasteiger partial charge < -0.3 is 0 Å². The first-order valence-electron chi connectivity index (χ1n) is 9.90. The van der Waals surface area contributed by atoms with Crippen molar-refractivity contribution in [3.05, 3.63) is 63.8 Å². The summed E-state index contributed by atoms with van der Waals surface area (Å²) < 4.78 is 0. The molecule has 0 spiro atoms. The van der Waals surface area contributed by atoms with Crippen LogP contribution in [0.1, 0.15) is 58.5 Å². The van der Waals surface area contributed by atoms with Gasteiger partial charge in [-0.3, -0.25) is 9.89 Å². The Morgan fingerprint density at radius 3 is 3.14 bits per heavy atom. The Labute approximate surface area is 169 Å². The van der Waals surface area contributed by atoms with E-state index >= 15 is 0 Å². The Bertz CT molecular complexity index is 1060. The number of carbonyl (C=O) groups is 1. The van der Waals surface area contributed by atoms with Crippen LogP contribution in [0.25, 0.3) is 16.5 Å². The molecule has 1 atom stereocenters. The molecular formula is C23H25N3OS. The number of rotatable bonds is 6. The largest absolute Gasteiger partial charge is 0.293 e. The first kappa shape index (κ1) is 18.8. The number of nitrogens with zero attached hydrogens (tertiary/aromatic N) is 2. The molecule has 0 amide bonds. The number of carbonyl (C=O) groups excluding carboxylic acids is 1. The number of hydrogen-bond acceptors (Lipinski definition) is 4. The van der Waals surface area contributed by atoms with Gasteiger partial charge in [-0.25, -0.2) is 4.98 Å². The number of aryl methyl sites for hydroxylation is 2. The highest BCUT2D eigenvalue weighted by Gasteiger charge is 2.18. The molecule has 0 aliphatic heterocycles. The Balaban J connectivity index is 1.38. The molecule has 2 heterocycles. The van der Waals surface area contributed by atoms with Crippen molar-refractivity contribution in [1.82, 2.24) is 15.2 Å². The van der Waals surface area contributed by atoms with Gasteiger partial charge in [0.15, 0.2) is 5.78 Å². The van der Waals surface area contributed by atoms with Gasteiger partial charge in [0.25, 0.3) is 0 Å². The molecule has 5 heteroatoms. The summed E-state index contributed by atoms with van der Waals surface area (Å²) in [5.41, 5.74) is 4.41. The van der Waals surface area contributed by atoms with Crippen molar-refractivity contribution in [2.24, 2.45) is 5.92 Å². The number of Topliss-reactive ketones (excluding diaryl/α,β-unsaturated/α-hetero) is 1. The molecule has 4 nitrogen and oxygen atoms in total. The number of benzene rings is 1. The summed E-state index contributed by atoms with van der Waals surface area (Å²) >= 11 is 1.56. The highest BCUT2D eigenvalue weighted by atomic mass is 32.1. The van der Waals surface area contributed by atoms with E-state index in [9.17, 15) is 4.79 Å². The van der Waals surface area contributed by atoms with E-state index < -0.39 is 0 Å². The molecular weight excluding hydrogens is 366 g/mol. The molecule has 2 aromatic heterocycles. The van der Waals surface area contributed by atoms with Crippen LogP contribution in [-0.4, -0.2) is 21.0 Å². The van der Waals surface area contributed by atoms with Crippen molar-refractivity contribution in [3.8, 4) is 0 Å². The quantitative estimate of drug-likeness (QED) is 0.532. The molecule has 144 valence electrons. The van der Waals surface area contributed by atoms with E-state index in [0.29, 0.717) is 12.3 Å². The second-order valence-electron chi connectivity index (χ2n) is 7.59. The summed E-state index contributed by atoms with van der Waals surface area (Å²) in [5, 5.41) is 9.15. The van der Waals surface area contributed by atoms with Gasteiger partial charge >= 0.3 is 0 Å². The number of aromatic amines is 1. The van der Waals surface area contributed by atoms with Gasteiger partial charge in [-0.1, -0.05) is 31.2 Å². The fourth-order valence-corrected chi connectivity index (χ4v) is 4.70. The van der Waals surface area contributed by atoms with Crippen LogP contribution in [0.5, 0.6) is 0 Å². The Kier molecular flexibility index (Phi) is 5.53. The van der Waals surface area contributed by atoms with Crippen LogP contribution in [0.4, 0.5) is 0 Å². The molecule has 1 unspecified atom stereocenters. The highest BCUT2D eigenvalue weighted by molar-refractivity contribution is 7.14. The van der Waals surface area contributed by atoms with Crippen LogP contribution in [-0.2, 0) is 6.42 Å². The molecule has 0 saturated heterocycles. The molecule has 4 rings (SSSR count). The second-order valence-corrected chi connectivity index (χ2v) is 8.59. The summed E-state index contributed by atoms with van der Waals surface area (Å²) in [6, 6.07) is 6.30. The van der Waals surface area contributed by atoms with Crippen LogP contribution >= 0.6 is 11.3 Å². The Morgan fingerprint density at radius 1 is 1.36 bits per heavy atom. The van der Waals surface area contributed by atoms with Crippen LogP contribution in [0.15, 0.2) is 42.6 Å². The number of ketones is 1. The number of fused-ring (bicyclic) bond motifs is 1. The van der Waals surface area contributed by atoms with Crippen LogP contribution < -0.4 is 0 Å². The molecule has 1 aromatic carbocycles. The normalized spacial score (nSPS) is 16.9. The van der Waals surface area contributed by atoms with Crippen molar-refractivity contribution >= 4 is 33.6 Å². The lowest BCUT2D eigenvalue weighted by Crippen LogP contribution is -1.99. The lowest BCUT2D eigenvalue weighted by atomic mass is 10.0. The summed E-state index contributed by atoms with van der Waals surface area (Å²) in [5.74, 6) is 0.806. The van der Waals surface area contributed by atoms with E-state index in [0.717, 1.165) is 52.2 Å². The van der Waals surface area contributed by atoms with Crippen molar-refractivity contribution in [1.29, 1.82) is 0 Å². The zero-order valence-corrected chi connectivity index (χ0v) is 17.2. The number of allylic oxidation sites excluding steroid dienone is 4. The predicted molar refractivity (Wildman–Crippen MR) is 116 cm³/mol. The van der Waals surface area contributed by atoms with E-state index in [1.165, 1.54) is 11.1 Å². The fraction of sp³-hybridized carbons (Fsp3) is 0.348. The molecule has 1 aliphatic carbocycles. The van der Waals surface area contributed by atoms with E-state index in [2.05, 4.69) is 53.5 Å². The highest BCUT2D eigenvalue weighted by Crippen LogP contribution is 2.31. The molecule has 1 aliphatic rings. The second kappa shape index (κ2) is 8.23. The third-order valence-electron chi connectivity index (χ3n) is 5.30. The number of thiazole rings is 1. The Morgan fingerprint density at radius 2 is 2.25 bits per heavy atom. The average molecular weight is 392 g/mol. The van der Waals surface area contributed by atoms with Crippen molar-refractivity contribution < 1.29 is 4.79 Å². The van der Waals surface area contributed by atoms with Gasteiger partial charge in [-0.2, -0.15) is 5.10 Å². The molecule has 0 saturated carbocycles. The van der Waals surface area contributed by atoms with Gasteiger partial charge in [-0.15, -0.1) is 11.3 Å². The summed E-state index contributed by atoms with van der Waals surface area (Å²) in [4.78, 5) is 18.3. The number of aromatic nitrogens is 3. The molecule has 3 aromatic rings. The SMILES string of the molecule is Cc1nc(C2=CC=CC(C)CC2)sc1C(=O)CCCc1ccc2[nH]ncc2c1. The predicted octanol–water partition coefficient (Wildman–Crippen LogP) is 5.90. The molecule has 0 fully saturated rings. The average Bonchev–Trinajstić information content (AvgIpc) is 3.24. The summed E-state index contributed by atoms with van der Waals surface area (Å²) in [7, 11) is 0. The zero-order chi connectivity index (χ0) is 19.5. The zero-order valence-electron chi connectivity index (χ0n) is 16.4. The van der Waals surface area contributed by atoms with Crippen LogP contribution in [0.2, 0.25) is 0 Å².